The lowest BCUT2D eigenvalue weighted by Crippen LogP contribution is -2.63. The smallest absolute Gasteiger partial charge is 0.340 e. The van der Waals surface area contributed by atoms with Crippen LogP contribution in [-0.2, 0) is 30.2 Å². The van der Waals surface area contributed by atoms with E-state index in [-0.39, 0.29) is 40.3 Å². The SMILES string of the molecule is CN(C)C=Nc1c(C#N)nnn1C[C@H]1O[C@H](OC(=O)c2ccccc2)[C@H](OC(=O)c2ccccc2)[C@@H](OC(=O)c2ccccc2)[C@@H]1OC(=O)c1ccccc1. The molecular weight excluding hydrogens is 708 g/mol. The number of carbonyl (C=O) groups is 4. The van der Waals surface area contributed by atoms with Gasteiger partial charge in [0.2, 0.25) is 18.1 Å². The van der Waals surface area contributed by atoms with E-state index >= 15 is 0 Å². The second-order valence-electron chi connectivity index (χ2n) is 12.3. The van der Waals surface area contributed by atoms with Crippen LogP contribution in [0.5, 0.6) is 0 Å². The molecule has 4 aromatic carbocycles. The van der Waals surface area contributed by atoms with E-state index in [9.17, 15) is 24.4 Å². The summed E-state index contributed by atoms with van der Waals surface area (Å²) in [5.74, 6) is -3.42. The summed E-state index contributed by atoms with van der Waals surface area (Å²) in [7, 11) is 3.45. The first-order valence-corrected chi connectivity index (χ1v) is 17.0. The molecule has 1 fully saturated rings. The van der Waals surface area contributed by atoms with Gasteiger partial charge in [-0.1, -0.05) is 78.0 Å². The van der Waals surface area contributed by atoms with Gasteiger partial charge in [-0.25, -0.2) is 28.9 Å². The lowest BCUT2D eigenvalue weighted by molar-refractivity contribution is -0.280. The van der Waals surface area contributed by atoms with Gasteiger partial charge in [0.05, 0.1) is 35.1 Å². The van der Waals surface area contributed by atoms with Crippen molar-refractivity contribution in [2.24, 2.45) is 4.99 Å². The zero-order valence-corrected chi connectivity index (χ0v) is 29.6. The normalized spacial score (nSPS) is 19.1. The lowest BCUT2D eigenvalue weighted by Gasteiger charge is -2.44. The molecule has 0 amide bonds. The Bertz CT molecular complexity index is 2170. The molecule has 1 aliphatic rings. The van der Waals surface area contributed by atoms with E-state index in [1.54, 1.807) is 91.8 Å². The van der Waals surface area contributed by atoms with E-state index in [0.29, 0.717) is 0 Å². The third-order valence-electron chi connectivity index (χ3n) is 8.16. The molecular formula is C40H34N6O9. The molecule has 1 saturated heterocycles. The van der Waals surface area contributed by atoms with Gasteiger partial charge in [-0.3, -0.25) is 0 Å². The second-order valence-corrected chi connectivity index (χ2v) is 12.3. The molecule has 15 heteroatoms. The van der Waals surface area contributed by atoms with Gasteiger partial charge in [0, 0.05) is 14.1 Å². The highest BCUT2D eigenvalue weighted by molar-refractivity contribution is 5.92. The number of aromatic nitrogens is 3. The summed E-state index contributed by atoms with van der Waals surface area (Å²) in [6, 6.07) is 33.9. The molecule has 0 bridgehead atoms. The van der Waals surface area contributed by atoms with Crippen molar-refractivity contribution in [1.82, 2.24) is 19.9 Å². The molecule has 1 aliphatic heterocycles. The van der Waals surface area contributed by atoms with Crippen LogP contribution in [0.2, 0.25) is 0 Å². The van der Waals surface area contributed by atoms with Gasteiger partial charge in [-0.05, 0) is 48.5 Å². The Morgan fingerprint density at radius 1 is 0.691 bits per heavy atom. The first kappa shape index (κ1) is 37.6. The summed E-state index contributed by atoms with van der Waals surface area (Å²) in [4.78, 5) is 60.9. The van der Waals surface area contributed by atoms with Crippen molar-refractivity contribution in [3.05, 3.63) is 149 Å². The molecule has 2 heterocycles. The highest BCUT2D eigenvalue weighted by atomic mass is 16.7. The van der Waals surface area contributed by atoms with Gasteiger partial charge in [-0.15, -0.1) is 5.10 Å². The maximum atomic E-state index is 13.8. The summed E-state index contributed by atoms with van der Waals surface area (Å²) in [5, 5.41) is 17.8. The maximum Gasteiger partial charge on any atom is 0.340 e. The molecule has 0 unspecified atom stereocenters. The fraction of sp³-hybridized carbons (Fsp3) is 0.200. The minimum absolute atomic E-state index is 0.0289. The van der Waals surface area contributed by atoms with E-state index in [1.165, 1.54) is 59.6 Å². The van der Waals surface area contributed by atoms with Gasteiger partial charge < -0.3 is 28.6 Å². The van der Waals surface area contributed by atoms with Crippen LogP contribution in [0, 0.1) is 11.3 Å². The average Bonchev–Trinajstić information content (AvgIpc) is 3.61. The number of esters is 4. The fourth-order valence-electron chi connectivity index (χ4n) is 5.54. The van der Waals surface area contributed by atoms with Crippen LogP contribution in [0.1, 0.15) is 47.1 Å². The zero-order valence-electron chi connectivity index (χ0n) is 29.6. The van der Waals surface area contributed by atoms with E-state index in [4.69, 9.17) is 23.7 Å². The quantitative estimate of drug-likeness (QED) is 0.0747. The van der Waals surface area contributed by atoms with Gasteiger partial charge in [0.1, 0.15) is 12.2 Å². The number of benzene rings is 4. The fourth-order valence-corrected chi connectivity index (χ4v) is 5.54. The molecule has 0 saturated carbocycles. The molecule has 5 atom stereocenters. The number of ether oxygens (including phenoxy) is 5. The monoisotopic (exact) mass is 742 g/mol. The topological polar surface area (TPSA) is 185 Å². The lowest BCUT2D eigenvalue weighted by atomic mass is 9.97. The van der Waals surface area contributed by atoms with Gasteiger partial charge in [-0.2, -0.15) is 5.26 Å². The predicted octanol–water partition coefficient (Wildman–Crippen LogP) is 4.63. The van der Waals surface area contributed by atoms with Crippen molar-refractivity contribution in [2.75, 3.05) is 14.1 Å². The largest absolute Gasteiger partial charge is 0.452 e. The number of rotatable bonds is 12. The van der Waals surface area contributed by atoms with Crippen molar-refractivity contribution in [1.29, 1.82) is 5.26 Å². The van der Waals surface area contributed by atoms with Crippen LogP contribution in [-0.4, -0.2) is 94.9 Å². The van der Waals surface area contributed by atoms with Crippen LogP contribution in [0.4, 0.5) is 5.82 Å². The van der Waals surface area contributed by atoms with Crippen molar-refractivity contribution >= 4 is 36.0 Å². The highest BCUT2D eigenvalue weighted by Gasteiger charge is 2.54. The molecule has 0 radical (unpaired) electrons. The summed E-state index contributed by atoms with van der Waals surface area (Å²) in [6.07, 6.45) is -6.59. The standard InChI is InChI=1S/C40H34N6O9/c1-45(2)25-42-35-30(23-41)43-44-46(35)24-31-32(52-36(47)26-15-7-3-8-16-26)33(53-37(48)27-17-9-4-10-18-27)34(54-38(49)28-19-11-5-12-20-28)40(51-31)55-39(50)29-21-13-6-14-22-29/h3-22,25,31-34,40H,24H2,1-2H3/t31-,32-,33+,34-,40-/m1/s1. The number of carbonyl (C=O) groups excluding carboxylic acids is 4. The summed E-state index contributed by atoms with van der Waals surface area (Å²) in [5.41, 5.74) is 0.411. The Labute approximate surface area is 315 Å². The molecule has 6 rings (SSSR count). The zero-order chi connectivity index (χ0) is 38.7. The number of hydrogen-bond donors (Lipinski definition) is 0. The van der Waals surface area contributed by atoms with Gasteiger partial charge in [0.15, 0.2) is 18.0 Å². The van der Waals surface area contributed by atoms with E-state index in [2.05, 4.69) is 15.3 Å². The Morgan fingerprint density at radius 2 is 1.11 bits per heavy atom. The minimum atomic E-state index is -1.75. The van der Waals surface area contributed by atoms with E-state index in [0.717, 1.165) is 0 Å². The highest BCUT2D eigenvalue weighted by Crippen LogP contribution is 2.33. The van der Waals surface area contributed by atoms with Crippen LogP contribution >= 0.6 is 0 Å². The molecule has 15 nitrogen and oxygen atoms in total. The maximum absolute atomic E-state index is 13.8. The Morgan fingerprint density at radius 3 is 1.55 bits per heavy atom. The minimum Gasteiger partial charge on any atom is -0.452 e. The number of aliphatic imine (C=N–C) groups is 1. The third-order valence-corrected chi connectivity index (χ3v) is 8.16. The first-order chi connectivity index (χ1) is 26.7. The van der Waals surface area contributed by atoms with E-state index in [1.807, 2.05) is 6.07 Å². The molecule has 0 spiro atoms. The Balaban J connectivity index is 1.48. The number of nitriles is 1. The van der Waals surface area contributed by atoms with Crippen molar-refractivity contribution in [3.63, 3.8) is 0 Å². The Kier molecular flexibility index (Phi) is 12.0. The Hall–Kier alpha value is -7.18. The van der Waals surface area contributed by atoms with Crippen LogP contribution in [0.3, 0.4) is 0 Å². The van der Waals surface area contributed by atoms with E-state index < -0.39 is 54.6 Å². The third kappa shape index (κ3) is 9.25. The van der Waals surface area contributed by atoms with Gasteiger partial charge >= 0.3 is 23.9 Å². The first-order valence-electron chi connectivity index (χ1n) is 17.0. The molecule has 5 aromatic rings. The van der Waals surface area contributed by atoms with Crippen LogP contribution in [0.25, 0.3) is 0 Å². The summed E-state index contributed by atoms with van der Waals surface area (Å²) >= 11 is 0. The molecule has 1 aromatic heterocycles. The average molecular weight is 743 g/mol. The summed E-state index contributed by atoms with van der Waals surface area (Å²) < 4.78 is 31.7. The number of hydrogen-bond acceptors (Lipinski definition) is 13. The number of nitrogens with zero attached hydrogens (tertiary/aromatic N) is 6. The predicted molar refractivity (Wildman–Crippen MR) is 194 cm³/mol. The molecule has 278 valence electrons. The summed E-state index contributed by atoms with van der Waals surface area (Å²) in [6.45, 7) is -0.334. The van der Waals surface area contributed by atoms with Crippen molar-refractivity contribution < 1.29 is 42.9 Å². The molecule has 0 N–H and O–H groups in total. The molecule has 55 heavy (non-hydrogen) atoms. The van der Waals surface area contributed by atoms with Gasteiger partial charge in [0.25, 0.3) is 0 Å². The van der Waals surface area contributed by atoms with Crippen LogP contribution < -0.4 is 0 Å². The van der Waals surface area contributed by atoms with Crippen LogP contribution in [0.15, 0.2) is 126 Å². The molecule has 0 aliphatic carbocycles. The van der Waals surface area contributed by atoms with Crippen molar-refractivity contribution in [2.45, 2.75) is 37.3 Å². The van der Waals surface area contributed by atoms with Crippen molar-refractivity contribution in [3.8, 4) is 6.07 Å². The second kappa shape index (κ2) is 17.6.